The molecule has 7 heteroatoms. The third-order valence-corrected chi connectivity index (χ3v) is 6.75. The number of carbonyl (C=O) groups is 1. The van der Waals surface area contributed by atoms with Gasteiger partial charge in [-0.2, -0.15) is 0 Å². The number of carbonyl (C=O) groups excluding carboxylic acids is 1. The van der Waals surface area contributed by atoms with Crippen LogP contribution in [0.25, 0.3) is 0 Å². The standard InChI is InChI=1S/C23H42N6O/c1-19(2)18-28-11-8-21(9-12-28)26-23(24-3)25-10-13-27-14-16-29(17-15-27)22(30)20-6-4-5-7-20/h20-21H,1,4-18H2,2-3H3,(H2,24,25,26). The number of hydrogen-bond acceptors (Lipinski definition) is 4. The fraction of sp³-hybridized carbons (Fsp3) is 0.826. The van der Waals surface area contributed by atoms with Crippen molar-refractivity contribution in [3.8, 4) is 0 Å². The van der Waals surface area contributed by atoms with E-state index in [1.807, 2.05) is 7.05 Å². The molecule has 0 radical (unpaired) electrons. The summed E-state index contributed by atoms with van der Waals surface area (Å²) in [4.78, 5) is 24.0. The number of piperazine rings is 1. The highest BCUT2D eigenvalue weighted by Gasteiger charge is 2.29. The lowest BCUT2D eigenvalue weighted by molar-refractivity contribution is -0.137. The monoisotopic (exact) mass is 418 g/mol. The van der Waals surface area contributed by atoms with Crippen LogP contribution in [0.2, 0.25) is 0 Å². The van der Waals surface area contributed by atoms with Gasteiger partial charge in [0.25, 0.3) is 0 Å². The van der Waals surface area contributed by atoms with Crippen LogP contribution in [-0.4, -0.2) is 98.6 Å². The predicted molar refractivity (Wildman–Crippen MR) is 124 cm³/mol. The summed E-state index contributed by atoms with van der Waals surface area (Å²) in [5.74, 6) is 1.62. The van der Waals surface area contributed by atoms with E-state index >= 15 is 0 Å². The molecular weight excluding hydrogens is 376 g/mol. The number of piperidine rings is 1. The van der Waals surface area contributed by atoms with E-state index in [0.717, 1.165) is 90.5 Å². The Bertz CT molecular complexity index is 585. The van der Waals surface area contributed by atoms with Gasteiger partial charge in [0.05, 0.1) is 0 Å². The molecule has 3 aliphatic rings. The molecule has 3 fully saturated rings. The number of nitrogens with one attached hydrogen (secondary N) is 2. The smallest absolute Gasteiger partial charge is 0.225 e. The Morgan fingerprint density at radius 2 is 1.67 bits per heavy atom. The van der Waals surface area contributed by atoms with Crippen molar-refractivity contribution in [3.63, 3.8) is 0 Å². The fourth-order valence-corrected chi connectivity index (χ4v) is 4.96. The van der Waals surface area contributed by atoms with E-state index in [4.69, 9.17) is 0 Å². The maximum Gasteiger partial charge on any atom is 0.225 e. The van der Waals surface area contributed by atoms with Gasteiger partial charge in [0.1, 0.15) is 0 Å². The molecule has 0 aromatic carbocycles. The van der Waals surface area contributed by atoms with Gasteiger partial charge in [-0.05, 0) is 32.6 Å². The number of nitrogens with zero attached hydrogens (tertiary/aromatic N) is 4. The Labute approximate surface area is 182 Å². The fourth-order valence-electron chi connectivity index (χ4n) is 4.96. The molecule has 2 saturated heterocycles. The van der Waals surface area contributed by atoms with E-state index in [-0.39, 0.29) is 0 Å². The lowest BCUT2D eigenvalue weighted by Gasteiger charge is -2.36. The molecule has 30 heavy (non-hydrogen) atoms. The Balaban J connectivity index is 1.29. The van der Waals surface area contributed by atoms with E-state index in [9.17, 15) is 4.79 Å². The largest absolute Gasteiger partial charge is 0.355 e. The summed E-state index contributed by atoms with van der Waals surface area (Å²) in [6, 6.07) is 0.489. The van der Waals surface area contributed by atoms with Crippen molar-refractivity contribution in [3.05, 3.63) is 12.2 Å². The van der Waals surface area contributed by atoms with Gasteiger partial charge in [0, 0.05) is 77.9 Å². The molecule has 3 rings (SSSR count). The van der Waals surface area contributed by atoms with Crippen molar-refractivity contribution < 1.29 is 4.79 Å². The lowest BCUT2D eigenvalue weighted by atomic mass is 10.0. The van der Waals surface area contributed by atoms with Crippen molar-refractivity contribution in [2.24, 2.45) is 10.9 Å². The minimum absolute atomic E-state index is 0.306. The van der Waals surface area contributed by atoms with E-state index < -0.39 is 0 Å². The van der Waals surface area contributed by atoms with Crippen LogP contribution in [0, 0.1) is 5.92 Å². The molecule has 7 nitrogen and oxygen atoms in total. The second-order valence-corrected chi connectivity index (χ2v) is 9.30. The Morgan fingerprint density at radius 1 is 1.00 bits per heavy atom. The molecule has 0 unspecified atom stereocenters. The van der Waals surface area contributed by atoms with Crippen LogP contribution in [0.4, 0.5) is 0 Å². The molecule has 1 aliphatic carbocycles. The number of aliphatic imine (C=N–C) groups is 1. The molecule has 1 saturated carbocycles. The number of amides is 1. The zero-order valence-corrected chi connectivity index (χ0v) is 19.2. The van der Waals surface area contributed by atoms with Crippen LogP contribution < -0.4 is 10.6 Å². The highest BCUT2D eigenvalue weighted by molar-refractivity contribution is 5.80. The van der Waals surface area contributed by atoms with Crippen LogP contribution in [0.15, 0.2) is 17.1 Å². The summed E-state index contributed by atoms with van der Waals surface area (Å²) in [6.07, 6.45) is 6.94. The summed E-state index contributed by atoms with van der Waals surface area (Å²) in [5, 5.41) is 7.06. The Morgan fingerprint density at radius 3 is 2.27 bits per heavy atom. The van der Waals surface area contributed by atoms with E-state index in [1.165, 1.54) is 18.4 Å². The zero-order chi connectivity index (χ0) is 21.3. The van der Waals surface area contributed by atoms with E-state index in [1.54, 1.807) is 0 Å². The van der Waals surface area contributed by atoms with Crippen LogP contribution in [0.3, 0.4) is 0 Å². The minimum Gasteiger partial charge on any atom is -0.355 e. The molecule has 0 atom stereocenters. The van der Waals surface area contributed by atoms with Gasteiger partial charge >= 0.3 is 0 Å². The summed E-state index contributed by atoms with van der Waals surface area (Å²) < 4.78 is 0. The molecule has 2 aliphatic heterocycles. The second-order valence-electron chi connectivity index (χ2n) is 9.30. The molecular formula is C23H42N6O. The Kier molecular flexibility index (Phi) is 9.00. The maximum atomic E-state index is 12.6. The highest BCUT2D eigenvalue weighted by atomic mass is 16.2. The quantitative estimate of drug-likeness (QED) is 0.373. The van der Waals surface area contributed by atoms with Crippen molar-refractivity contribution >= 4 is 11.9 Å². The molecule has 1 amide bonds. The maximum absolute atomic E-state index is 12.6. The summed E-state index contributed by atoms with van der Waals surface area (Å²) in [7, 11) is 1.85. The lowest BCUT2D eigenvalue weighted by Crippen LogP contribution is -2.53. The van der Waals surface area contributed by atoms with E-state index in [0.29, 0.717) is 17.9 Å². The summed E-state index contributed by atoms with van der Waals surface area (Å²) in [5.41, 5.74) is 1.24. The average molecular weight is 419 g/mol. The van der Waals surface area contributed by atoms with Crippen molar-refractivity contribution in [2.75, 3.05) is 66.0 Å². The SMILES string of the molecule is C=C(C)CN1CCC(NC(=NC)NCCN2CCN(C(=O)C3CCCC3)CC2)CC1. The van der Waals surface area contributed by atoms with Crippen molar-refractivity contribution in [1.29, 1.82) is 0 Å². The van der Waals surface area contributed by atoms with Gasteiger partial charge in [-0.25, -0.2) is 0 Å². The molecule has 0 bridgehead atoms. The second kappa shape index (κ2) is 11.7. The van der Waals surface area contributed by atoms with Crippen LogP contribution in [0.1, 0.15) is 45.4 Å². The Hall–Kier alpha value is -1.60. The van der Waals surface area contributed by atoms with Gasteiger partial charge in [0.2, 0.25) is 5.91 Å². The number of guanidine groups is 1. The molecule has 0 spiro atoms. The molecule has 0 aromatic heterocycles. The predicted octanol–water partition coefficient (Wildman–Crippen LogP) is 1.53. The van der Waals surface area contributed by atoms with E-state index in [2.05, 4.69) is 43.8 Å². The first-order valence-corrected chi connectivity index (χ1v) is 11.9. The van der Waals surface area contributed by atoms with Crippen molar-refractivity contribution in [1.82, 2.24) is 25.3 Å². The molecule has 0 aromatic rings. The van der Waals surface area contributed by atoms with Gasteiger partial charge in [-0.15, -0.1) is 0 Å². The molecule has 170 valence electrons. The van der Waals surface area contributed by atoms with Crippen LogP contribution in [-0.2, 0) is 4.79 Å². The van der Waals surface area contributed by atoms with Crippen molar-refractivity contribution in [2.45, 2.75) is 51.5 Å². The summed E-state index contributed by atoms with van der Waals surface area (Å²) in [6.45, 7) is 15.0. The van der Waals surface area contributed by atoms with Gasteiger partial charge < -0.3 is 15.5 Å². The van der Waals surface area contributed by atoms with Gasteiger partial charge in [-0.1, -0.05) is 25.0 Å². The first-order chi connectivity index (χ1) is 14.5. The first kappa shape index (κ1) is 23.1. The number of rotatable bonds is 7. The minimum atomic E-state index is 0.306. The summed E-state index contributed by atoms with van der Waals surface area (Å²) >= 11 is 0. The number of likely N-dealkylation sites (tertiary alicyclic amines) is 1. The highest BCUT2D eigenvalue weighted by Crippen LogP contribution is 2.26. The van der Waals surface area contributed by atoms with Gasteiger partial charge in [-0.3, -0.25) is 19.6 Å². The van der Waals surface area contributed by atoms with Crippen LogP contribution in [0.5, 0.6) is 0 Å². The normalized spacial score (nSPS) is 23.0. The van der Waals surface area contributed by atoms with Gasteiger partial charge in [0.15, 0.2) is 5.96 Å². The molecule has 2 N–H and O–H groups in total. The van der Waals surface area contributed by atoms with Crippen LogP contribution >= 0.6 is 0 Å². The zero-order valence-electron chi connectivity index (χ0n) is 19.2. The average Bonchev–Trinajstić information content (AvgIpc) is 3.29. The third kappa shape index (κ3) is 6.98. The topological polar surface area (TPSA) is 63.2 Å². The third-order valence-electron chi connectivity index (χ3n) is 6.75. The number of hydrogen-bond donors (Lipinski definition) is 2. The molecule has 2 heterocycles. The first-order valence-electron chi connectivity index (χ1n) is 11.9.